The molecule has 1 fully saturated rings. The van der Waals surface area contributed by atoms with Crippen molar-refractivity contribution in [2.45, 2.75) is 49.5 Å². The molecule has 5 heteroatoms. The highest BCUT2D eigenvalue weighted by Crippen LogP contribution is 2.21. The van der Waals surface area contributed by atoms with Crippen molar-refractivity contribution in [1.29, 1.82) is 0 Å². The minimum absolute atomic E-state index is 0.0640. The first-order valence-corrected chi connectivity index (χ1v) is 9.00. The Morgan fingerprint density at radius 1 is 1.27 bits per heavy atom. The van der Waals surface area contributed by atoms with Crippen LogP contribution in [0.3, 0.4) is 0 Å². The van der Waals surface area contributed by atoms with Crippen LogP contribution in [0.1, 0.15) is 38.5 Å². The van der Waals surface area contributed by atoms with Crippen molar-refractivity contribution >= 4 is 17.7 Å². The average molecular weight is 325 g/mol. The van der Waals surface area contributed by atoms with Crippen LogP contribution >= 0.6 is 11.8 Å². The maximum atomic E-state index is 13.4. The van der Waals surface area contributed by atoms with Gasteiger partial charge in [-0.3, -0.25) is 4.79 Å². The molecule has 0 radical (unpaired) electrons. The summed E-state index contributed by atoms with van der Waals surface area (Å²) >= 11 is 1.22. The van der Waals surface area contributed by atoms with E-state index in [1.807, 2.05) is 0 Å². The third-order valence-electron chi connectivity index (χ3n) is 3.74. The maximum Gasteiger partial charge on any atom is 0.230 e. The number of ether oxygens (including phenoxy) is 1. The van der Waals surface area contributed by atoms with Crippen LogP contribution < -0.4 is 5.32 Å². The molecule has 0 aliphatic heterocycles. The molecule has 3 nitrogen and oxygen atoms in total. The van der Waals surface area contributed by atoms with Gasteiger partial charge < -0.3 is 10.1 Å². The van der Waals surface area contributed by atoms with Gasteiger partial charge in [0.1, 0.15) is 5.82 Å². The highest BCUT2D eigenvalue weighted by Gasteiger charge is 2.13. The van der Waals surface area contributed by atoms with Crippen molar-refractivity contribution in [3.63, 3.8) is 0 Å². The van der Waals surface area contributed by atoms with E-state index in [0.717, 1.165) is 6.42 Å². The molecule has 1 aromatic carbocycles. The Morgan fingerprint density at radius 2 is 2.05 bits per heavy atom. The molecule has 2 rings (SSSR count). The van der Waals surface area contributed by atoms with Crippen LogP contribution in [-0.2, 0) is 9.53 Å². The van der Waals surface area contributed by atoms with Gasteiger partial charge in [-0.25, -0.2) is 4.39 Å². The van der Waals surface area contributed by atoms with Crippen LogP contribution in [0, 0.1) is 5.82 Å². The zero-order valence-corrected chi connectivity index (χ0v) is 13.7. The van der Waals surface area contributed by atoms with Crippen LogP contribution in [0.2, 0.25) is 0 Å². The minimum Gasteiger partial charge on any atom is -0.378 e. The van der Waals surface area contributed by atoms with Crippen LogP contribution in [0.4, 0.5) is 4.39 Å². The number of halogens is 1. The summed E-state index contributed by atoms with van der Waals surface area (Å²) < 4.78 is 19.2. The first kappa shape index (κ1) is 17.3. The second-order valence-corrected chi connectivity index (χ2v) is 6.57. The predicted molar refractivity (Wildman–Crippen MR) is 87.6 cm³/mol. The van der Waals surface area contributed by atoms with Crippen molar-refractivity contribution in [3.05, 3.63) is 30.1 Å². The summed E-state index contributed by atoms with van der Waals surface area (Å²) in [6, 6.07) is 6.51. The molecule has 22 heavy (non-hydrogen) atoms. The number of thioether (sulfide) groups is 1. The monoisotopic (exact) mass is 325 g/mol. The van der Waals surface area contributed by atoms with Crippen LogP contribution in [-0.4, -0.2) is 30.9 Å². The summed E-state index contributed by atoms with van der Waals surface area (Å²) in [5.41, 5.74) is 0. The minimum atomic E-state index is -0.277. The number of carbonyl (C=O) groups is 1. The molecule has 1 aliphatic carbocycles. The van der Waals surface area contributed by atoms with Crippen molar-refractivity contribution < 1.29 is 13.9 Å². The van der Waals surface area contributed by atoms with E-state index in [9.17, 15) is 9.18 Å². The second kappa shape index (κ2) is 9.85. The lowest BCUT2D eigenvalue weighted by molar-refractivity contribution is -0.118. The normalized spacial score (nSPS) is 15.7. The van der Waals surface area contributed by atoms with E-state index in [4.69, 9.17) is 4.74 Å². The number of carbonyl (C=O) groups excluding carboxylic acids is 1. The molecule has 0 heterocycles. The average Bonchev–Trinajstić information content (AvgIpc) is 2.55. The SMILES string of the molecule is O=C(CSc1ccccc1F)NCCCOC1CCCCC1. The van der Waals surface area contributed by atoms with E-state index in [1.165, 1.54) is 49.9 Å². The lowest BCUT2D eigenvalue weighted by Crippen LogP contribution is -2.27. The molecule has 0 spiro atoms. The summed E-state index contributed by atoms with van der Waals surface area (Å²) in [6.07, 6.45) is 7.46. The molecule has 1 aliphatic rings. The van der Waals surface area contributed by atoms with E-state index in [0.29, 0.717) is 24.2 Å². The van der Waals surface area contributed by atoms with E-state index in [2.05, 4.69) is 5.32 Å². The van der Waals surface area contributed by atoms with Crippen molar-refractivity contribution in [2.75, 3.05) is 18.9 Å². The summed E-state index contributed by atoms with van der Waals surface area (Å²) in [5.74, 6) is -0.100. The van der Waals surface area contributed by atoms with Gasteiger partial charge in [0.15, 0.2) is 0 Å². The fourth-order valence-electron chi connectivity index (χ4n) is 2.54. The van der Waals surface area contributed by atoms with E-state index >= 15 is 0 Å². The Kier molecular flexibility index (Phi) is 7.74. The zero-order chi connectivity index (χ0) is 15.6. The fourth-order valence-corrected chi connectivity index (χ4v) is 3.31. The molecule has 1 saturated carbocycles. The van der Waals surface area contributed by atoms with E-state index < -0.39 is 0 Å². The third kappa shape index (κ3) is 6.36. The van der Waals surface area contributed by atoms with Gasteiger partial charge in [-0.2, -0.15) is 0 Å². The van der Waals surface area contributed by atoms with Crippen molar-refractivity contribution in [3.8, 4) is 0 Å². The van der Waals surface area contributed by atoms with Crippen molar-refractivity contribution in [1.82, 2.24) is 5.32 Å². The third-order valence-corrected chi connectivity index (χ3v) is 4.79. The lowest BCUT2D eigenvalue weighted by atomic mass is 9.98. The molecule has 1 N–H and O–H groups in total. The van der Waals surface area contributed by atoms with Crippen molar-refractivity contribution in [2.24, 2.45) is 0 Å². The lowest BCUT2D eigenvalue weighted by Gasteiger charge is -2.21. The Hall–Kier alpha value is -1.07. The number of hydrogen-bond donors (Lipinski definition) is 1. The Morgan fingerprint density at radius 3 is 2.82 bits per heavy atom. The Balaban J connectivity index is 1.51. The summed E-state index contributed by atoms with van der Waals surface area (Å²) in [4.78, 5) is 12.2. The second-order valence-electron chi connectivity index (χ2n) is 5.55. The van der Waals surface area contributed by atoms with Gasteiger partial charge in [0.25, 0.3) is 0 Å². The smallest absolute Gasteiger partial charge is 0.230 e. The highest BCUT2D eigenvalue weighted by molar-refractivity contribution is 8.00. The summed E-state index contributed by atoms with van der Waals surface area (Å²) in [5, 5.41) is 2.85. The van der Waals surface area contributed by atoms with Gasteiger partial charge in [-0.05, 0) is 31.4 Å². The molecular weight excluding hydrogens is 301 g/mol. The van der Waals surface area contributed by atoms with Gasteiger partial charge >= 0.3 is 0 Å². The Labute approximate surface area is 136 Å². The summed E-state index contributed by atoms with van der Waals surface area (Å²) in [7, 11) is 0. The first-order chi connectivity index (χ1) is 10.8. The van der Waals surface area contributed by atoms with E-state index in [-0.39, 0.29) is 17.5 Å². The Bertz CT molecular complexity index is 464. The largest absolute Gasteiger partial charge is 0.378 e. The number of nitrogens with one attached hydrogen (secondary N) is 1. The summed E-state index contributed by atoms with van der Waals surface area (Å²) in [6.45, 7) is 1.31. The van der Waals surface area contributed by atoms with Gasteiger partial charge in [-0.15, -0.1) is 11.8 Å². The van der Waals surface area contributed by atoms with Gasteiger partial charge in [0, 0.05) is 18.0 Å². The molecule has 0 bridgehead atoms. The number of hydrogen-bond acceptors (Lipinski definition) is 3. The van der Waals surface area contributed by atoms with Gasteiger partial charge in [0.05, 0.1) is 11.9 Å². The number of benzene rings is 1. The number of amides is 1. The molecular formula is C17H24FNO2S. The molecule has 122 valence electrons. The standard InChI is InChI=1S/C17H24FNO2S/c18-15-9-4-5-10-16(15)22-13-17(20)19-11-6-12-21-14-7-2-1-3-8-14/h4-5,9-10,14H,1-3,6-8,11-13H2,(H,19,20). The highest BCUT2D eigenvalue weighted by atomic mass is 32.2. The molecule has 0 atom stereocenters. The molecule has 1 amide bonds. The molecule has 0 aromatic heterocycles. The predicted octanol–water partition coefficient (Wildman–Crippen LogP) is 3.77. The maximum absolute atomic E-state index is 13.4. The molecule has 0 saturated heterocycles. The van der Waals surface area contributed by atoms with Gasteiger partial charge in [0.2, 0.25) is 5.91 Å². The van der Waals surface area contributed by atoms with Crippen LogP contribution in [0.25, 0.3) is 0 Å². The molecule has 0 unspecified atom stereocenters. The van der Waals surface area contributed by atoms with Gasteiger partial charge in [-0.1, -0.05) is 31.4 Å². The quantitative estimate of drug-likeness (QED) is 0.584. The fraction of sp³-hybridized carbons (Fsp3) is 0.588. The molecule has 1 aromatic rings. The number of rotatable bonds is 8. The van der Waals surface area contributed by atoms with Crippen LogP contribution in [0.5, 0.6) is 0 Å². The zero-order valence-electron chi connectivity index (χ0n) is 12.9. The van der Waals surface area contributed by atoms with E-state index in [1.54, 1.807) is 18.2 Å². The van der Waals surface area contributed by atoms with Crippen LogP contribution in [0.15, 0.2) is 29.2 Å². The first-order valence-electron chi connectivity index (χ1n) is 8.01. The topological polar surface area (TPSA) is 38.3 Å².